The van der Waals surface area contributed by atoms with Crippen LogP contribution >= 0.6 is 0 Å². The molecule has 0 aliphatic carbocycles. The highest BCUT2D eigenvalue weighted by Gasteiger charge is 2.23. The number of hydrogen-bond acceptors (Lipinski definition) is 9. The van der Waals surface area contributed by atoms with Gasteiger partial charge < -0.3 is 20.3 Å². The lowest BCUT2D eigenvalue weighted by Crippen LogP contribution is -2.44. The Balaban J connectivity index is 1.30. The minimum absolute atomic E-state index is 0.142. The van der Waals surface area contributed by atoms with Crippen molar-refractivity contribution in [1.82, 2.24) is 20.3 Å². The number of pyridine rings is 1. The van der Waals surface area contributed by atoms with Gasteiger partial charge in [0.2, 0.25) is 16.0 Å². The van der Waals surface area contributed by atoms with Crippen molar-refractivity contribution in [2.45, 2.75) is 24.4 Å². The second-order valence-corrected chi connectivity index (χ2v) is 12.1. The smallest absolute Gasteiger partial charge is 0.237 e. The van der Waals surface area contributed by atoms with Crippen LogP contribution in [0.4, 0.5) is 26.1 Å². The fourth-order valence-corrected chi connectivity index (χ4v) is 6.41. The number of aromatic nitrogens is 3. The van der Waals surface area contributed by atoms with E-state index in [1.165, 1.54) is 12.1 Å². The quantitative estimate of drug-likeness (QED) is 0.280. The van der Waals surface area contributed by atoms with Crippen LogP contribution in [0.1, 0.15) is 12.0 Å². The van der Waals surface area contributed by atoms with Gasteiger partial charge in [-0.15, -0.1) is 0 Å². The van der Waals surface area contributed by atoms with Crippen LogP contribution in [0.5, 0.6) is 0 Å². The first-order chi connectivity index (χ1) is 20.3. The monoisotopic (exact) mass is 595 g/mol. The molecule has 2 fully saturated rings. The van der Waals surface area contributed by atoms with Gasteiger partial charge in [-0.05, 0) is 23.8 Å². The maximum absolute atomic E-state index is 15.2. The molecule has 2 aromatic heterocycles. The fourth-order valence-electron chi connectivity index (χ4n) is 5.20. The van der Waals surface area contributed by atoms with E-state index in [4.69, 9.17) is 14.7 Å². The first-order valence-corrected chi connectivity index (χ1v) is 15.4. The molecule has 4 aromatic rings. The molecule has 0 spiro atoms. The molecule has 2 aliphatic heterocycles. The van der Waals surface area contributed by atoms with Crippen molar-refractivity contribution in [2.24, 2.45) is 0 Å². The highest BCUT2D eigenvalue weighted by atomic mass is 32.2. The molecule has 0 saturated carbocycles. The summed E-state index contributed by atoms with van der Waals surface area (Å²) in [5.41, 5.74) is 3.34. The van der Waals surface area contributed by atoms with Gasteiger partial charge >= 0.3 is 0 Å². The van der Waals surface area contributed by atoms with E-state index in [0.29, 0.717) is 79.6 Å². The predicted molar refractivity (Wildman–Crippen MR) is 158 cm³/mol. The Hall–Kier alpha value is -3.94. The second kappa shape index (κ2) is 12.1. The van der Waals surface area contributed by atoms with Gasteiger partial charge in [-0.2, -0.15) is 0 Å². The molecule has 2 aromatic carbocycles. The summed E-state index contributed by atoms with van der Waals surface area (Å²) in [7, 11) is -3.83. The number of benzene rings is 2. The maximum Gasteiger partial charge on any atom is 0.237 e. The zero-order valence-electron chi connectivity index (χ0n) is 22.8. The Morgan fingerprint density at radius 1 is 1.05 bits per heavy atom. The van der Waals surface area contributed by atoms with Gasteiger partial charge in [0.25, 0.3) is 0 Å². The highest BCUT2D eigenvalue weighted by Crippen LogP contribution is 2.32. The molecule has 2 saturated heterocycles. The molecule has 220 valence electrons. The second-order valence-electron chi connectivity index (χ2n) is 10.4. The van der Waals surface area contributed by atoms with Gasteiger partial charge in [0.15, 0.2) is 0 Å². The molecule has 4 heterocycles. The summed E-state index contributed by atoms with van der Waals surface area (Å²) in [6, 6.07) is 14.7. The molecule has 0 bridgehead atoms. The average molecular weight is 596 g/mol. The number of sulfonamides is 1. The van der Waals surface area contributed by atoms with Crippen molar-refractivity contribution in [1.29, 1.82) is 0 Å². The average Bonchev–Trinajstić information content (AvgIpc) is 2.98. The Kier molecular flexibility index (Phi) is 8.13. The number of nitrogens with zero attached hydrogens (tertiary/aromatic N) is 4. The van der Waals surface area contributed by atoms with Crippen LogP contribution in [0.25, 0.3) is 22.3 Å². The van der Waals surface area contributed by atoms with Crippen molar-refractivity contribution < 1.29 is 21.9 Å². The van der Waals surface area contributed by atoms with Crippen LogP contribution in [-0.4, -0.2) is 75.0 Å². The molecule has 10 nitrogen and oxygen atoms in total. The molecule has 2 atom stereocenters. The van der Waals surface area contributed by atoms with Crippen LogP contribution in [0.2, 0.25) is 0 Å². The van der Waals surface area contributed by atoms with E-state index in [1.807, 2.05) is 6.07 Å². The van der Waals surface area contributed by atoms with Crippen molar-refractivity contribution >= 4 is 38.4 Å². The van der Waals surface area contributed by atoms with Crippen molar-refractivity contribution in [3.63, 3.8) is 0 Å². The number of anilines is 3. The van der Waals surface area contributed by atoms with Gasteiger partial charge in [-0.25, -0.2) is 32.2 Å². The number of morpholine rings is 1. The molecule has 0 radical (unpaired) electrons. The van der Waals surface area contributed by atoms with Crippen LogP contribution in [0, 0.1) is 5.82 Å². The minimum atomic E-state index is -3.83. The summed E-state index contributed by atoms with van der Waals surface area (Å²) < 4.78 is 62.3. The molecule has 42 heavy (non-hydrogen) atoms. The summed E-state index contributed by atoms with van der Waals surface area (Å²) >= 11 is 0. The number of hydrogen-bond donors (Lipinski definition) is 3. The topological polar surface area (TPSA) is 121 Å². The molecule has 3 N–H and O–H groups in total. The third kappa shape index (κ3) is 6.58. The standard InChI is InChI=1S/C29H31F2N7O3S/c30-21-13-22(16-32-15-21)34-29-33-17-26-28(36-29)27(38-8-10-41-11-9-38)14-25(35-26)20-6-7-24(23(31)12-20)37-42(39,40)18-19-4-2-1-3-5-19/h1-7,12,14,17,21-22,32,37H,8-11,13,15-16,18H2,(H,33,34,36)/t21-,22-/m0/s1. The molecule has 13 heteroatoms. The molecular formula is C29H31F2N7O3S. The van der Waals surface area contributed by atoms with Crippen LogP contribution in [0.15, 0.2) is 60.8 Å². The predicted octanol–water partition coefficient (Wildman–Crippen LogP) is 3.72. The molecule has 0 amide bonds. The largest absolute Gasteiger partial charge is 0.378 e. The fraction of sp³-hybridized carbons (Fsp3) is 0.345. The van der Waals surface area contributed by atoms with E-state index in [2.05, 4.69) is 25.2 Å². The van der Waals surface area contributed by atoms with Crippen LogP contribution in [0.3, 0.4) is 0 Å². The lowest BCUT2D eigenvalue weighted by atomic mass is 10.1. The van der Waals surface area contributed by atoms with E-state index in [1.54, 1.807) is 42.6 Å². The van der Waals surface area contributed by atoms with Gasteiger partial charge in [-0.3, -0.25) is 4.72 Å². The minimum Gasteiger partial charge on any atom is -0.378 e. The number of alkyl halides is 1. The number of halogens is 2. The Morgan fingerprint density at radius 2 is 1.86 bits per heavy atom. The number of fused-ring (bicyclic) bond motifs is 1. The summed E-state index contributed by atoms with van der Waals surface area (Å²) in [4.78, 5) is 16.0. The third-order valence-electron chi connectivity index (χ3n) is 7.24. The normalized spacial score (nSPS) is 19.5. The summed E-state index contributed by atoms with van der Waals surface area (Å²) in [5.74, 6) is -0.611. The Labute approximate surface area is 242 Å². The van der Waals surface area contributed by atoms with Crippen molar-refractivity contribution in [3.05, 3.63) is 72.2 Å². The molecular weight excluding hydrogens is 564 g/mol. The van der Waals surface area contributed by atoms with Gasteiger partial charge in [0.1, 0.15) is 23.0 Å². The number of piperidine rings is 1. The summed E-state index contributed by atoms with van der Waals surface area (Å²) in [6.45, 7) is 3.32. The summed E-state index contributed by atoms with van der Waals surface area (Å²) in [5, 5.41) is 6.29. The lowest BCUT2D eigenvalue weighted by Gasteiger charge is -2.30. The molecule has 2 aliphatic rings. The van der Waals surface area contributed by atoms with Crippen LogP contribution < -0.4 is 20.3 Å². The first-order valence-electron chi connectivity index (χ1n) is 13.8. The van der Waals surface area contributed by atoms with E-state index in [0.717, 1.165) is 5.69 Å². The van der Waals surface area contributed by atoms with Crippen LogP contribution in [-0.2, 0) is 20.5 Å². The van der Waals surface area contributed by atoms with Crippen molar-refractivity contribution in [3.8, 4) is 11.3 Å². The zero-order valence-corrected chi connectivity index (χ0v) is 23.6. The highest BCUT2D eigenvalue weighted by molar-refractivity contribution is 7.91. The van der Waals surface area contributed by atoms with Gasteiger partial charge in [0, 0.05) is 44.2 Å². The SMILES string of the molecule is O=S(=O)(Cc1ccccc1)Nc1ccc(-c2cc(N3CCOCC3)c3nc(N[C@@H]4CNC[C@@H](F)C4)ncc3n2)cc1F. The zero-order chi connectivity index (χ0) is 29.1. The van der Waals surface area contributed by atoms with E-state index in [9.17, 15) is 12.8 Å². The van der Waals surface area contributed by atoms with Gasteiger partial charge in [0.05, 0.1) is 42.2 Å². The van der Waals surface area contributed by atoms with E-state index >= 15 is 4.39 Å². The Bertz CT molecular complexity index is 1670. The number of nitrogens with one attached hydrogen (secondary N) is 3. The third-order valence-corrected chi connectivity index (χ3v) is 8.48. The summed E-state index contributed by atoms with van der Waals surface area (Å²) in [6.07, 6.45) is 1.03. The lowest BCUT2D eigenvalue weighted by molar-refractivity contribution is 0.123. The Morgan fingerprint density at radius 3 is 2.62 bits per heavy atom. The number of rotatable bonds is 8. The molecule has 0 unspecified atom stereocenters. The first kappa shape index (κ1) is 28.2. The van der Waals surface area contributed by atoms with Gasteiger partial charge in [-0.1, -0.05) is 36.4 Å². The van der Waals surface area contributed by atoms with E-state index in [-0.39, 0.29) is 17.5 Å². The van der Waals surface area contributed by atoms with Crippen molar-refractivity contribution in [2.75, 3.05) is 54.3 Å². The van der Waals surface area contributed by atoms with E-state index < -0.39 is 22.0 Å². The maximum atomic E-state index is 15.2. The number of ether oxygens (including phenoxy) is 1. The molecule has 6 rings (SSSR count).